The first-order chi connectivity index (χ1) is 10.6. The molecule has 0 radical (unpaired) electrons. The number of nitrogens with two attached hydrogens (primary N) is 1. The van der Waals surface area contributed by atoms with Gasteiger partial charge in [0.25, 0.3) is 0 Å². The van der Waals surface area contributed by atoms with E-state index in [4.69, 9.17) is 5.73 Å². The van der Waals surface area contributed by atoms with Crippen molar-refractivity contribution in [3.05, 3.63) is 42.2 Å². The van der Waals surface area contributed by atoms with Crippen LogP contribution in [0.5, 0.6) is 0 Å². The first kappa shape index (κ1) is 14.5. The number of aromatic nitrogens is 2. The third-order valence-corrected chi connectivity index (χ3v) is 4.22. The fourth-order valence-corrected chi connectivity index (χ4v) is 2.80. The zero-order chi connectivity index (χ0) is 15.5. The molecule has 22 heavy (non-hydrogen) atoms. The highest BCUT2D eigenvalue weighted by molar-refractivity contribution is 5.77. The number of rotatable bonds is 3. The molecule has 0 bridgehead atoms. The van der Waals surface area contributed by atoms with E-state index in [-0.39, 0.29) is 11.8 Å². The van der Waals surface area contributed by atoms with Gasteiger partial charge in [-0.2, -0.15) is 0 Å². The van der Waals surface area contributed by atoms with Gasteiger partial charge < -0.3 is 10.6 Å². The molecule has 3 rings (SSSR count). The van der Waals surface area contributed by atoms with Crippen molar-refractivity contribution in [1.29, 1.82) is 0 Å². The van der Waals surface area contributed by atoms with E-state index < -0.39 is 0 Å². The number of carbonyl (C=O) groups excluding carboxylic acids is 1. The maximum absolute atomic E-state index is 11.2. The number of hydrogen-bond acceptors (Lipinski definition) is 4. The number of piperidine rings is 1. The van der Waals surface area contributed by atoms with Crippen molar-refractivity contribution in [2.45, 2.75) is 19.8 Å². The molecule has 5 heteroatoms. The third-order valence-electron chi connectivity index (χ3n) is 4.22. The van der Waals surface area contributed by atoms with Crippen LogP contribution in [0.2, 0.25) is 0 Å². The Morgan fingerprint density at radius 1 is 1.18 bits per heavy atom. The normalized spacial score (nSPS) is 15.8. The van der Waals surface area contributed by atoms with E-state index in [0.29, 0.717) is 0 Å². The maximum Gasteiger partial charge on any atom is 0.220 e. The van der Waals surface area contributed by atoms with Gasteiger partial charge in [-0.3, -0.25) is 4.79 Å². The van der Waals surface area contributed by atoms with Gasteiger partial charge in [0.05, 0.1) is 5.69 Å². The highest BCUT2D eigenvalue weighted by Crippen LogP contribution is 2.25. The van der Waals surface area contributed by atoms with Gasteiger partial charge in [-0.1, -0.05) is 29.8 Å². The molecule has 2 heterocycles. The number of carbonyl (C=O) groups is 1. The van der Waals surface area contributed by atoms with Crippen LogP contribution < -0.4 is 10.6 Å². The number of primary amides is 1. The van der Waals surface area contributed by atoms with Gasteiger partial charge in [-0.25, -0.2) is 9.97 Å². The van der Waals surface area contributed by atoms with Crippen LogP contribution in [0.1, 0.15) is 18.4 Å². The van der Waals surface area contributed by atoms with E-state index in [0.717, 1.165) is 43.0 Å². The summed E-state index contributed by atoms with van der Waals surface area (Å²) in [6, 6.07) is 10.3. The summed E-state index contributed by atoms with van der Waals surface area (Å²) in [5.74, 6) is 0.714. The number of amides is 1. The molecule has 0 aliphatic carbocycles. The Labute approximate surface area is 130 Å². The van der Waals surface area contributed by atoms with Gasteiger partial charge in [0.1, 0.15) is 12.1 Å². The molecular weight excluding hydrogens is 276 g/mol. The Morgan fingerprint density at radius 3 is 2.50 bits per heavy atom. The lowest BCUT2D eigenvalue weighted by Crippen LogP contribution is -2.38. The van der Waals surface area contributed by atoms with Crippen LogP contribution in [0.15, 0.2) is 36.7 Å². The van der Waals surface area contributed by atoms with E-state index in [2.05, 4.69) is 46.1 Å². The summed E-state index contributed by atoms with van der Waals surface area (Å²) in [6.07, 6.45) is 3.18. The summed E-state index contributed by atoms with van der Waals surface area (Å²) in [6.45, 7) is 3.67. The molecule has 1 aromatic heterocycles. The van der Waals surface area contributed by atoms with Crippen molar-refractivity contribution in [1.82, 2.24) is 9.97 Å². The van der Waals surface area contributed by atoms with E-state index in [1.54, 1.807) is 6.33 Å². The molecule has 1 aliphatic heterocycles. The Hall–Kier alpha value is -2.43. The zero-order valence-electron chi connectivity index (χ0n) is 12.7. The number of benzene rings is 1. The number of aryl methyl sites for hydroxylation is 1. The molecule has 1 aromatic carbocycles. The molecular formula is C17H20N4O. The van der Waals surface area contributed by atoms with Gasteiger partial charge in [0.2, 0.25) is 5.91 Å². The largest absolute Gasteiger partial charge is 0.369 e. The van der Waals surface area contributed by atoms with Gasteiger partial charge in [0, 0.05) is 30.6 Å². The molecule has 1 fully saturated rings. The Morgan fingerprint density at radius 2 is 1.86 bits per heavy atom. The SMILES string of the molecule is Cc1ccc(-c2cc(N3CCC(C(N)=O)CC3)ncn2)cc1. The number of nitrogens with zero attached hydrogens (tertiary/aromatic N) is 3. The molecule has 0 spiro atoms. The number of hydrogen-bond donors (Lipinski definition) is 1. The van der Waals surface area contributed by atoms with Gasteiger partial charge in [-0.15, -0.1) is 0 Å². The molecule has 1 aliphatic rings. The molecule has 1 amide bonds. The molecule has 0 atom stereocenters. The first-order valence-electron chi connectivity index (χ1n) is 7.57. The lowest BCUT2D eigenvalue weighted by atomic mass is 9.96. The molecule has 1 saturated heterocycles. The van der Waals surface area contributed by atoms with E-state index in [1.165, 1.54) is 5.56 Å². The second-order valence-corrected chi connectivity index (χ2v) is 5.79. The smallest absolute Gasteiger partial charge is 0.220 e. The summed E-state index contributed by atoms with van der Waals surface area (Å²) in [4.78, 5) is 22.2. The van der Waals surface area contributed by atoms with Crippen LogP contribution in [-0.2, 0) is 4.79 Å². The minimum absolute atomic E-state index is 0.00495. The zero-order valence-corrected chi connectivity index (χ0v) is 12.7. The van der Waals surface area contributed by atoms with E-state index in [1.807, 2.05) is 6.07 Å². The van der Waals surface area contributed by atoms with Crippen molar-refractivity contribution in [3.8, 4) is 11.3 Å². The Kier molecular flexibility index (Phi) is 4.04. The van der Waals surface area contributed by atoms with Gasteiger partial charge in [-0.05, 0) is 19.8 Å². The monoisotopic (exact) mass is 296 g/mol. The quantitative estimate of drug-likeness (QED) is 0.942. The standard InChI is InChI=1S/C17H20N4O/c1-12-2-4-13(5-3-12)15-10-16(20-11-19-15)21-8-6-14(7-9-21)17(18)22/h2-5,10-11,14H,6-9H2,1H3,(H2,18,22). The van der Waals surface area contributed by atoms with Crippen LogP contribution in [0, 0.1) is 12.8 Å². The van der Waals surface area contributed by atoms with Crippen LogP contribution in [-0.4, -0.2) is 29.0 Å². The third kappa shape index (κ3) is 3.08. The van der Waals surface area contributed by atoms with Crippen LogP contribution in [0.3, 0.4) is 0 Å². The lowest BCUT2D eigenvalue weighted by molar-refractivity contribution is -0.122. The summed E-state index contributed by atoms with van der Waals surface area (Å²) in [5.41, 5.74) is 8.61. The molecule has 2 aromatic rings. The predicted molar refractivity (Wildman–Crippen MR) is 86.3 cm³/mol. The molecule has 0 saturated carbocycles. The highest BCUT2D eigenvalue weighted by Gasteiger charge is 2.23. The predicted octanol–water partition coefficient (Wildman–Crippen LogP) is 2.15. The van der Waals surface area contributed by atoms with Crippen LogP contribution >= 0.6 is 0 Å². The van der Waals surface area contributed by atoms with Crippen molar-refractivity contribution in [3.63, 3.8) is 0 Å². The average molecular weight is 296 g/mol. The average Bonchev–Trinajstić information content (AvgIpc) is 2.56. The van der Waals surface area contributed by atoms with E-state index >= 15 is 0 Å². The maximum atomic E-state index is 11.2. The molecule has 2 N–H and O–H groups in total. The van der Waals surface area contributed by atoms with Crippen molar-refractivity contribution < 1.29 is 4.79 Å². The minimum atomic E-state index is -0.192. The van der Waals surface area contributed by atoms with E-state index in [9.17, 15) is 4.79 Å². The summed E-state index contributed by atoms with van der Waals surface area (Å²) in [7, 11) is 0. The molecule has 114 valence electrons. The van der Waals surface area contributed by atoms with Crippen molar-refractivity contribution in [2.24, 2.45) is 11.7 Å². The fraction of sp³-hybridized carbons (Fsp3) is 0.353. The van der Waals surface area contributed by atoms with Gasteiger partial charge >= 0.3 is 0 Å². The first-order valence-corrected chi connectivity index (χ1v) is 7.57. The minimum Gasteiger partial charge on any atom is -0.369 e. The summed E-state index contributed by atoms with van der Waals surface area (Å²) >= 11 is 0. The van der Waals surface area contributed by atoms with Crippen molar-refractivity contribution >= 4 is 11.7 Å². The fourth-order valence-electron chi connectivity index (χ4n) is 2.80. The van der Waals surface area contributed by atoms with Gasteiger partial charge in [0.15, 0.2) is 0 Å². The topological polar surface area (TPSA) is 72.1 Å². The number of anilines is 1. The molecule has 0 unspecified atom stereocenters. The Balaban J connectivity index is 1.77. The lowest BCUT2D eigenvalue weighted by Gasteiger charge is -2.31. The molecule has 5 nitrogen and oxygen atoms in total. The Bertz CT molecular complexity index is 661. The van der Waals surface area contributed by atoms with Crippen LogP contribution in [0.25, 0.3) is 11.3 Å². The van der Waals surface area contributed by atoms with Crippen molar-refractivity contribution in [2.75, 3.05) is 18.0 Å². The highest BCUT2D eigenvalue weighted by atomic mass is 16.1. The second-order valence-electron chi connectivity index (χ2n) is 5.79. The summed E-state index contributed by atoms with van der Waals surface area (Å²) in [5, 5.41) is 0. The van der Waals surface area contributed by atoms with Crippen LogP contribution in [0.4, 0.5) is 5.82 Å². The summed E-state index contributed by atoms with van der Waals surface area (Å²) < 4.78 is 0. The second kappa shape index (κ2) is 6.13.